The second kappa shape index (κ2) is 7.61. The van der Waals surface area contributed by atoms with E-state index in [1.165, 1.54) is 5.56 Å². The highest BCUT2D eigenvalue weighted by Gasteiger charge is 2.23. The molecule has 2 aromatic carbocycles. The monoisotopic (exact) mass is 377 g/mol. The van der Waals surface area contributed by atoms with E-state index < -0.39 is 0 Å². The summed E-state index contributed by atoms with van der Waals surface area (Å²) in [7, 11) is 0. The first-order valence-corrected chi connectivity index (χ1v) is 10.3. The highest BCUT2D eigenvalue weighted by Crippen LogP contribution is 2.33. The Kier molecular flexibility index (Phi) is 5.03. The van der Waals surface area contributed by atoms with Crippen LogP contribution in [-0.4, -0.2) is 21.2 Å². The van der Waals surface area contributed by atoms with Crippen LogP contribution in [0.15, 0.2) is 59.8 Å². The molecule has 0 radical (unpaired) electrons. The van der Waals surface area contributed by atoms with Crippen molar-refractivity contribution in [3.05, 3.63) is 71.4 Å². The van der Waals surface area contributed by atoms with Gasteiger partial charge < -0.3 is 9.88 Å². The number of carbonyl (C=O) groups is 1. The number of carbonyl (C=O) groups excluding carboxylic acids is 1. The Labute approximate surface area is 164 Å². The van der Waals surface area contributed by atoms with Gasteiger partial charge >= 0.3 is 0 Å². The SMILES string of the molecule is CC(C)c1ccc(C(=O)NCc2c(-c3ccccc3)nc3n2CCS3)cc1. The van der Waals surface area contributed by atoms with Crippen LogP contribution in [0.25, 0.3) is 11.3 Å². The Balaban J connectivity index is 1.55. The quantitative estimate of drug-likeness (QED) is 0.700. The molecule has 1 amide bonds. The lowest BCUT2D eigenvalue weighted by molar-refractivity contribution is 0.0950. The number of benzene rings is 2. The van der Waals surface area contributed by atoms with Crippen LogP contribution in [0.5, 0.6) is 0 Å². The van der Waals surface area contributed by atoms with Gasteiger partial charge in [0.05, 0.1) is 17.9 Å². The number of nitrogens with zero attached hydrogens (tertiary/aromatic N) is 2. The summed E-state index contributed by atoms with van der Waals surface area (Å²) in [5.74, 6) is 1.45. The number of rotatable bonds is 5. The van der Waals surface area contributed by atoms with E-state index >= 15 is 0 Å². The Hall–Kier alpha value is -2.53. The molecule has 0 saturated carbocycles. The highest BCUT2D eigenvalue weighted by molar-refractivity contribution is 7.99. The summed E-state index contributed by atoms with van der Waals surface area (Å²) in [4.78, 5) is 17.4. The van der Waals surface area contributed by atoms with Crippen molar-refractivity contribution in [2.24, 2.45) is 0 Å². The lowest BCUT2D eigenvalue weighted by Crippen LogP contribution is -2.24. The molecular weight excluding hydrogens is 354 g/mol. The zero-order valence-electron chi connectivity index (χ0n) is 15.6. The molecule has 2 heterocycles. The summed E-state index contributed by atoms with van der Waals surface area (Å²) in [6.45, 7) is 5.72. The first kappa shape index (κ1) is 17.9. The van der Waals surface area contributed by atoms with Gasteiger partial charge in [-0.25, -0.2) is 4.98 Å². The summed E-state index contributed by atoms with van der Waals surface area (Å²) in [6, 6.07) is 18.0. The molecule has 0 bridgehead atoms. The normalized spacial score (nSPS) is 13.0. The second-order valence-electron chi connectivity index (χ2n) is 7.02. The first-order valence-electron chi connectivity index (χ1n) is 9.29. The molecule has 1 aliphatic rings. The van der Waals surface area contributed by atoms with Crippen LogP contribution in [0.4, 0.5) is 0 Å². The summed E-state index contributed by atoms with van der Waals surface area (Å²) < 4.78 is 2.23. The van der Waals surface area contributed by atoms with Crippen LogP contribution < -0.4 is 5.32 Å². The molecule has 1 N–H and O–H groups in total. The number of fused-ring (bicyclic) bond motifs is 1. The standard InChI is InChI=1S/C22H23N3OS/c1-15(2)16-8-10-18(11-9-16)21(26)23-14-19-20(17-6-4-3-5-7-17)24-22-25(19)12-13-27-22/h3-11,15H,12-14H2,1-2H3,(H,23,26). The van der Waals surface area contributed by atoms with Gasteiger partial charge in [-0.3, -0.25) is 4.79 Å². The maximum absolute atomic E-state index is 12.6. The maximum Gasteiger partial charge on any atom is 0.251 e. The molecule has 0 spiro atoms. The Morgan fingerprint density at radius 3 is 2.59 bits per heavy atom. The van der Waals surface area contributed by atoms with Crippen LogP contribution in [0.3, 0.4) is 0 Å². The third kappa shape index (κ3) is 3.65. The molecule has 4 nitrogen and oxygen atoms in total. The van der Waals surface area contributed by atoms with Gasteiger partial charge in [0.15, 0.2) is 5.16 Å². The van der Waals surface area contributed by atoms with Crippen LogP contribution in [0.1, 0.15) is 41.4 Å². The van der Waals surface area contributed by atoms with Gasteiger partial charge in [0, 0.05) is 23.4 Å². The van der Waals surface area contributed by atoms with Crippen LogP contribution in [0, 0.1) is 0 Å². The molecule has 138 valence electrons. The van der Waals surface area contributed by atoms with Crippen molar-refractivity contribution in [1.29, 1.82) is 0 Å². The largest absolute Gasteiger partial charge is 0.346 e. The molecule has 0 aliphatic carbocycles. The van der Waals surface area contributed by atoms with Crippen molar-refractivity contribution in [3.8, 4) is 11.3 Å². The predicted octanol–water partition coefficient (Wildman–Crippen LogP) is 4.71. The van der Waals surface area contributed by atoms with Crippen LogP contribution in [0.2, 0.25) is 0 Å². The third-order valence-corrected chi connectivity index (χ3v) is 5.84. The molecule has 1 aromatic heterocycles. The van der Waals surface area contributed by atoms with Crippen molar-refractivity contribution in [3.63, 3.8) is 0 Å². The zero-order chi connectivity index (χ0) is 18.8. The van der Waals surface area contributed by atoms with E-state index in [0.717, 1.165) is 34.4 Å². The number of nitrogens with one attached hydrogen (secondary N) is 1. The fourth-order valence-electron chi connectivity index (χ4n) is 3.32. The number of hydrogen-bond acceptors (Lipinski definition) is 3. The van der Waals surface area contributed by atoms with Crippen molar-refractivity contribution < 1.29 is 4.79 Å². The Morgan fingerprint density at radius 2 is 1.89 bits per heavy atom. The van der Waals surface area contributed by atoms with Gasteiger partial charge in [0.25, 0.3) is 5.91 Å². The van der Waals surface area contributed by atoms with Crippen LogP contribution in [-0.2, 0) is 13.1 Å². The van der Waals surface area contributed by atoms with Gasteiger partial charge in [-0.15, -0.1) is 0 Å². The average molecular weight is 378 g/mol. The summed E-state index contributed by atoms with van der Waals surface area (Å²) in [6.07, 6.45) is 0. The molecule has 0 saturated heterocycles. The van der Waals surface area contributed by atoms with Gasteiger partial charge in [0.1, 0.15) is 0 Å². The van der Waals surface area contributed by atoms with E-state index in [2.05, 4.69) is 35.9 Å². The number of thioether (sulfide) groups is 1. The van der Waals surface area contributed by atoms with Gasteiger partial charge in [-0.1, -0.05) is 68.1 Å². The van der Waals surface area contributed by atoms with Crippen molar-refractivity contribution in [2.45, 2.75) is 38.0 Å². The van der Waals surface area contributed by atoms with Crippen molar-refractivity contribution in [1.82, 2.24) is 14.9 Å². The molecular formula is C22H23N3OS. The van der Waals surface area contributed by atoms with E-state index in [0.29, 0.717) is 18.0 Å². The van der Waals surface area contributed by atoms with E-state index in [9.17, 15) is 4.79 Å². The first-order chi connectivity index (χ1) is 13.1. The highest BCUT2D eigenvalue weighted by atomic mass is 32.2. The molecule has 3 aromatic rings. The molecule has 0 atom stereocenters. The van der Waals surface area contributed by atoms with Crippen LogP contribution >= 0.6 is 11.8 Å². The zero-order valence-corrected chi connectivity index (χ0v) is 16.4. The Bertz CT molecular complexity index is 946. The van der Waals surface area contributed by atoms with Crippen molar-refractivity contribution in [2.75, 3.05) is 5.75 Å². The summed E-state index contributed by atoms with van der Waals surface area (Å²) >= 11 is 1.77. The lowest BCUT2D eigenvalue weighted by atomic mass is 10.0. The fourth-order valence-corrected chi connectivity index (χ4v) is 4.29. The molecule has 4 rings (SSSR count). The van der Waals surface area contributed by atoms with Gasteiger partial charge in [-0.05, 0) is 23.6 Å². The number of imidazole rings is 1. The van der Waals surface area contributed by atoms with E-state index in [1.54, 1.807) is 11.8 Å². The van der Waals surface area contributed by atoms with E-state index in [4.69, 9.17) is 4.98 Å². The number of hydrogen-bond donors (Lipinski definition) is 1. The predicted molar refractivity (Wildman–Crippen MR) is 110 cm³/mol. The van der Waals surface area contributed by atoms with E-state index in [1.807, 2.05) is 42.5 Å². The molecule has 0 unspecified atom stereocenters. The summed E-state index contributed by atoms with van der Waals surface area (Å²) in [5, 5.41) is 4.12. The number of aromatic nitrogens is 2. The minimum absolute atomic E-state index is 0.0504. The Morgan fingerprint density at radius 1 is 1.15 bits per heavy atom. The third-order valence-electron chi connectivity index (χ3n) is 4.89. The van der Waals surface area contributed by atoms with Gasteiger partial charge in [-0.2, -0.15) is 0 Å². The van der Waals surface area contributed by atoms with E-state index in [-0.39, 0.29) is 5.91 Å². The summed E-state index contributed by atoms with van der Waals surface area (Å²) in [5.41, 5.74) is 5.06. The maximum atomic E-state index is 12.6. The number of amides is 1. The smallest absolute Gasteiger partial charge is 0.251 e. The second-order valence-corrected chi connectivity index (χ2v) is 8.08. The van der Waals surface area contributed by atoms with Gasteiger partial charge in [0.2, 0.25) is 0 Å². The molecule has 27 heavy (non-hydrogen) atoms. The minimum atomic E-state index is -0.0504. The fraction of sp³-hybridized carbons (Fsp3) is 0.273. The molecule has 1 aliphatic heterocycles. The molecule has 5 heteroatoms. The molecule has 0 fully saturated rings. The topological polar surface area (TPSA) is 46.9 Å². The minimum Gasteiger partial charge on any atom is -0.346 e. The van der Waals surface area contributed by atoms with Crippen molar-refractivity contribution >= 4 is 17.7 Å². The average Bonchev–Trinajstić information content (AvgIpc) is 3.28. The lowest BCUT2D eigenvalue weighted by Gasteiger charge is -2.11.